The van der Waals surface area contributed by atoms with Crippen LogP contribution in [0.2, 0.25) is 0 Å². The Balaban J connectivity index is 1.74. The minimum Gasteiger partial charge on any atom is -0.396 e. The number of imide groups is 1. The standard InChI is InChI=1S/C16H19NO3/c18-9-8-16(6-7-16)11-17-14(19)10-13(15(17)20)12-4-2-1-3-5-12/h1-5,13,18H,6-11H2. The molecule has 0 bridgehead atoms. The molecule has 1 aromatic carbocycles. The fourth-order valence-corrected chi connectivity index (χ4v) is 3.03. The van der Waals surface area contributed by atoms with Gasteiger partial charge in [-0.05, 0) is 30.2 Å². The highest BCUT2D eigenvalue weighted by atomic mass is 16.3. The van der Waals surface area contributed by atoms with Crippen molar-refractivity contribution in [3.63, 3.8) is 0 Å². The number of hydrogen-bond donors (Lipinski definition) is 1. The lowest BCUT2D eigenvalue weighted by molar-refractivity contribution is -0.139. The summed E-state index contributed by atoms with van der Waals surface area (Å²) in [4.78, 5) is 26.0. The summed E-state index contributed by atoms with van der Waals surface area (Å²) in [5.74, 6) is -0.480. The molecule has 1 aliphatic heterocycles. The molecular formula is C16H19NO3. The molecule has 1 aromatic rings. The average molecular weight is 273 g/mol. The van der Waals surface area contributed by atoms with Gasteiger partial charge in [-0.25, -0.2) is 0 Å². The molecule has 1 heterocycles. The van der Waals surface area contributed by atoms with Gasteiger partial charge in [0, 0.05) is 19.6 Å². The van der Waals surface area contributed by atoms with Crippen molar-refractivity contribution in [1.82, 2.24) is 4.90 Å². The van der Waals surface area contributed by atoms with Crippen LogP contribution in [-0.2, 0) is 9.59 Å². The number of rotatable bonds is 5. The van der Waals surface area contributed by atoms with E-state index in [0.717, 1.165) is 18.4 Å². The molecule has 2 amide bonds. The van der Waals surface area contributed by atoms with Crippen molar-refractivity contribution in [2.75, 3.05) is 13.2 Å². The SMILES string of the molecule is O=C1CC(c2ccccc2)C(=O)N1CC1(CCO)CC1. The second kappa shape index (κ2) is 5.02. The van der Waals surface area contributed by atoms with Crippen molar-refractivity contribution < 1.29 is 14.7 Å². The van der Waals surface area contributed by atoms with Gasteiger partial charge in [0.1, 0.15) is 0 Å². The fraction of sp³-hybridized carbons (Fsp3) is 0.500. The zero-order valence-electron chi connectivity index (χ0n) is 11.4. The van der Waals surface area contributed by atoms with Crippen LogP contribution in [0.25, 0.3) is 0 Å². The third-order valence-corrected chi connectivity index (χ3v) is 4.54. The number of aliphatic hydroxyl groups excluding tert-OH is 1. The van der Waals surface area contributed by atoms with Crippen LogP contribution in [0.3, 0.4) is 0 Å². The number of benzene rings is 1. The van der Waals surface area contributed by atoms with E-state index in [-0.39, 0.29) is 36.2 Å². The molecule has 2 aliphatic rings. The summed E-state index contributed by atoms with van der Waals surface area (Å²) in [6.07, 6.45) is 2.96. The summed E-state index contributed by atoms with van der Waals surface area (Å²) in [6.45, 7) is 0.604. The predicted molar refractivity (Wildman–Crippen MR) is 73.9 cm³/mol. The molecule has 20 heavy (non-hydrogen) atoms. The lowest BCUT2D eigenvalue weighted by Gasteiger charge is -2.21. The number of nitrogens with zero attached hydrogens (tertiary/aromatic N) is 1. The normalized spacial score (nSPS) is 24.2. The summed E-state index contributed by atoms with van der Waals surface area (Å²) in [5, 5.41) is 9.09. The van der Waals surface area contributed by atoms with E-state index in [9.17, 15) is 9.59 Å². The van der Waals surface area contributed by atoms with Crippen molar-refractivity contribution in [3.8, 4) is 0 Å². The zero-order chi connectivity index (χ0) is 14.2. The summed E-state index contributed by atoms with van der Waals surface area (Å²) in [6, 6.07) is 9.50. The molecule has 106 valence electrons. The van der Waals surface area contributed by atoms with Crippen LogP contribution in [0.5, 0.6) is 0 Å². The molecule has 1 unspecified atom stereocenters. The Morgan fingerprint density at radius 1 is 1.20 bits per heavy atom. The first kappa shape index (κ1) is 13.3. The minimum atomic E-state index is -0.325. The maximum atomic E-state index is 12.5. The van der Waals surface area contributed by atoms with Gasteiger partial charge in [-0.3, -0.25) is 14.5 Å². The molecule has 3 rings (SSSR count). The lowest BCUT2D eigenvalue weighted by atomic mass is 9.97. The molecule has 0 aromatic heterocycles. The maximum Gasteiger partial charge on any atom is 0.237 e. The van der Waals surface area contributed by atoms with Crippen molar-refractivity contribution >= 4 is 11.8 Å². The topological polar surface area (TPSA) is 57.6 Å². The maximum absolute atomic E-state index is 12.5. The summed E-state index contributed by atoms with van der Waals surface area (Å²) >= 11 is 0. The van der Waals surface area contributed by atoms with Crippen molar-refractivity contribution in [2.45, 2.75) is 31.6 Å². The second-order valence-electron chi connectivity index (χ2n) is 5.96. The molecule has 1 saturated heterocycles. The smallest absolute Gasteiger partial charge is 0.237 e. The Labute approximate surface area is 118 Å². The summed E-state index contributed by atoms with van der Waals surface area (Å²) < 4.78 is 0. The number of hydrogen-bond acceptors (Lipinski definition) is 3. The highest BCUT2D eigenvalue weighted by molar-refractivity contribution is 6.06. The zero-order valence-corrected chi connectivity index (χ0v) is 11.4. The van der Waals surface area contributed by atoms with Gasteiger partial charge in [0.2, 0.25) is 11.8 Å². The van der Waals surface area contributed by atoms with Crippen LogP contribution >= 0.6 is 0 Å². The van der Waals surface area contributed by atoms with Crippen LogP contribution in [-0.4, -0.2) is 35.0 Å². The van der Waals surface area contributed by atoms with Gasteiger partial charge in [-0.15, -0.1) is 0 Å². The fourth-order valence-electron chi connectivity index (χ4n) is 3.03. The Kier molecular flexibility index (Phi) is 3.34. The number of likely N-dealkylation sites (tertiary alicyclic amines) is 1. The number of carbonyl (C=O) groups excluding carboxylic acids is 2. The van der Waals surface area contributed by atoms with Crippen LogP contribution in [0.1, 0.15) is 37.2 Å². The lowest BCUT2D eigenvalue weighted by Crippen LogP contribution is -2.36. The minimum absolute atomic E-state index is 0.00829. The molecule has 2 fully saturated rings. The molecule has 1 aliphatic carbocycles. The number of amides is 2. The molecule has 0 radical (unpaired) electrons. The van der Waals surface area contributed by atoms with E-state index in [0.29, 0.717) is 13.0 Å². The average Bonchev–Trinajstić information content (AvgIpc) is 3.16. The number of carbonyl (C=O) groups is 2. The van der Waals surface area contributed by atoms with E-state index in [2.05, 4.69) is 0 Å². The largest absolute Gasteiger partial charge is 0.396 e. The van der Waals surface area contributed by atoms with E-state index in [1.165, 1.54) is 4.90 Å². The predicted octanol–water partition coefficient (Wildman–Crippen LogP) is 1.69. The summed E-state index contributed by atoms with van der Waals surface area (Å²) in [7, 11) is 0. The van der Waals surface area contributed by atoms with Crippen molar-refractivity contribution in [1.29, 1.82) is 0 Å². The third kappa shape index (κ3) is 2.36. The third-order valence-electron chi connectivity index (χ3n) is 4.54. The molecule has 4 heteroatoms. The van der Waals surface area contributed by atoms with Crippen molar-refractivity contribution in [3.05, 3.63) is 35.9 Å². The molecule has 4 nitrogen and oxygen atoms in total. The van der Waals surface area contributed by atoms with E-state index in [4.69, 9.17) is 5.11 Å². The first-order valence-electron chi connectivity index (χ1n) is 7.15. The van der Waals surface area contributed by atoms with Gasteiger partial charge in [-0.2, -0.15) is 0 Å². The van der Waals surface area contributed by atoms with E-state index in [1.807, 2.05) is 30.3 Å². The van der Waals surface area contributed by atoms with Crippen LogP contribution < -0.4 is 0 Å². The Morgan fingerprint density at radius 2 is 1.90 bits per heavy atom. The first-order chi connectivity index (χ1) is 9.65. The van der Waals surface area contributed by atoms with Crippen LogP contribution in [0.4, 0.5) is 0 Å². The van der Waals surface area contributed by atoms with Crippen LogP contribution in [0, 0.1) is 5.41 Å². The van der Waals surface area contributed by atoms with E-state index in [1.54, 1.807) is 0 Å². The van der Waals surface area contributed by atoms with Gasteiger partial charge >= 0.3 is 0 Å². The van der Waals surface area contributed by atoms with Gasteiger partial charge in [0.15, 0.2) is 0 Å². The highest BCUT2D eigenvalue weighted by Gasteiger charge is 2.48. The van der Waals surface area contributed by atoms with Gasteiger partial charge in [0.25, 0.3) is 0 Å². The molecule has 1 atom stereocenters. The molecule has 1 N–H and O–H groups in total. The number of aliphatic hydroxyl groups is 1. The Hall–Kier alpha value is -1.68. The highest BCUT2D eigenvalue weighted by Crippen LogP contribution is 2.50. The first-order valence-corrected chi connectivity index (χ1v) is 7.15. The van der Waals surface area contributed by atoms with Gasteiger partial charge in [-0.1, -0.05) is 30.3 Å². The second-order valence-corrected chi connectivity index (χ2v) is 5.96. The monoisotopic (exact) mass is 273 g/mol. The molecular weight excluding hydrogens is 254 g/mol. The Morgan fingerprint density at radius 3 is 2.50 bits per heavy atom. The van der Waals surface area contributed by atoms with Gasteiger partial charge in [0.05, 0.1) is 5.92 Å². The molecule has 1 saturated carbocycles. The van der Waals surface area contributed by atoms with Crippen LogP contribution in [0.15, 0.2) is 30.3 Å². The van der Waals surface area contributed by atoms with E-state index >= 15 is 0 Å². The van der Waals surface area contributed by atoms with E-state index < -0.39 is 0 Å². The van der Waals surface area contributed by atoms with Crippen molar-refractivity contribution in [2.24, 2.45) is 5.41 Å². The summed E-state index contributed by atoms with van der Waals surface area (Å²) in [5.41, 5.74) is 0.909. The quantitative estimate of drug-likeness (QED) is 0.831. The van der Waals surface area contributed by atoms with Gasteiger partial charge < -0.3 is 5.11 Å². The molecule has 0 spiro atoms. The Bertz CT molecular complexity index is 522.